The predicted octanol–water partition coefficient (Wildman–Crippen LogP) is 4.85. The number of aliphatic hydroxyl groups excluding tert-OH is 1. The van der Waals surface area contributed by atoms with Crippen LogP contribution < -0.4 is 4.74 Å². The molecule has 5 heteroatoms. The Kier molecular flexibility index (Phi) is 4.74. The molecule has 2 rings (SSSR count). The van der Waals surface area contributed by atoms with E-state index in [4.69, 9.17) is 27.9 Å². The van der Waals surface area contributed by atoms with Gasteiger partial charge in [0, 0.05) is 20.6 Å². The highest BCUT2D eigenvalue weighted by molar-refractivity contribution is 9.10. The van der Waals surface area contributed by atoms with Crippen molar-refractivity contribution in [1.82, 2.24) is 0 Å². The third kappa shape index (κ3) is 3.23. The molecular formula is C14H11BrCl2O2. The maximum Gasteiger partial charge on any atom is 0.120 e. The standard InChI is InChI=1S/C14H11BrCl2O2/c1-19-9-3-4-10(13(17)7-9)14(18)11-6-8(16)2-5-12(11)15/h2-7,14,18H,1H3. The van der Waals surface area contributed by atoms with Crippen molar-refractivity contribution >= 4 is 39.1 Å². The lowest BCUT2D eigenvalue weighted by Gasteiger charge is -2.15. The smallest absolute Gasteiger partial charge is 0.120 e. The van der Waals surface area contributed by atoms with Crippen LogP contribution in [0.3, 0.4) is 0 Å². The van der Waals surface area contributed by atoms with E-state index >= 15 is 0 Å². The Morgan fingerprint density at radius 1 is 1.11 bits per heavy atom. The van der Waals surface area contributed by atoms with E-state index in [9.17, 15) is 5.11 Å². The van der Waals surface area contributed by atoms with Crippen LogP contribution >= 0.6 is 39.1 Å². The Balaban J connectivity index is 2.43. The summed E-state index contributed by atoms with van der Waals surface area (Å²) < 4.78 is 5.86. The SMILES string of the molecule is COc1ccc(C(O)c2cc(Cl)ccc2Br)c(Cl)c1. The summed E-state index contributed by atoms with van der Waals surface area (Å²) in [7, 11) is 1.56. The fourth-order valence-electron chi connectivity index (χ4n) is 1.75. The first-order valence-electron chi connectivity index (χ1n) is 5.49. The summed E-state index contributed by atoms with van der Waals surface area (Å²) in [5.74, 6) is 0.645. The van der Waals surface area contributed by atoms with Crippen LogP contribution in [0.2, 0.25) is 10.0 Å². The summed E-state index contributed by atoms with van der Waals surface area (Å²) in [6, 6.07) is 10.4. The number of ether oxygens (including phenoxy) is 1. The van der Waals surface area contributed by atoms with Gasteiger partial charge in [0.25, 0.3) is 0 Å². The first-order valence-corrected chi connectivity index (χ1v) is 7.04. The largest absolute Gasteiger partial charge is 0.497 e. The third-order valence-corrected chi connectivity index (χ3v) is 4.04. The Labute approximate surface area is 130 Å². The maximum atomic E-state index is 10.4. The Morgan fingerprint density at radius 3 is 2.47 bits per heavy atom. The van der Waals surface area contributed by atoms with Crippen LogP contribution in [0.15, 0.2) is 40.9 Å². The summed E-state index contributed by atoms with van der Waals surface area (Å²) >= 11 is 15.5. The van der Waals surface area contributed by atoms with Gasteiger partial charge in [-0.25, -0.2) is 0 Å². The van der Waals surface area contributed by atoms with Crippen molar-refractivity contribution in [3.63, 3.8) is 0 Å². The van der Waals surface area contributed by atoms with Crippen LogP contribution in [0.1, 0.15) is 17.2 Å². The zero-order valence-electron chi connectivity index (χ0n) is 10.0. The highest BCUT2D eigenvalue weighted by Gasteiger charge is 2.17. The third-order valence-electron chi connectivity index (χ3n) is 2.75. The summed E-state index contributed by atoms with van der Waals surface area (Å²) in [6.45, 7) is 0. The molecular weight excluding hydrogens is 351 g/mol. The molecule has 0 bridgehead atoms. The summed E-state index contributed by atoms with van der Waals surface area (Å²) in [5.41, 5.74) is 1.27. The quantitative estimate of drug-likeness (QED) is 0.846. The van der Waals surface area contributed by atoms with Gasteiger partial charge in [-0.05, 0) is 30.3 Å². The van der Waals surface area contributed by atoms with Crippen molar-refractivity contribution in [1.29, 1.82) is 0 Å². The first kappa shape index (κ1) is 14.7. The Morgan fingerprint density at radius 2 is 1.84 bits per heavy atom. The summed E-state index contributed by atoms with van der Waals surface area (Å²) in [6.07, 6.45) is -0.855. The highest BCUT2D eigenvalue weighted by Crippen LogP contribution is 2.35. The molecule has 0 aliphatic rings. The molecule has 1 N–H and O–H groups in total. The van der Waals surface area contributed by atoms with E-state index in [0.29, 0.717) is 26.9 Å². The molecule has 2 nitrogen and oxygen atoms in total. The first-order chi connectivity index (χ1) is 9.02. The number of hydrogen-bond acceptors (Lipinski definition) is 2. The predicted molar refractivity (Wildman–Crippen MR) is 81.2 cm³/mol. The molecule has 0 saturated carbocycles. The fourth-order valence-corrected chi connectivity index (χ4v) is 2.67. The molecule has 0 radical (unpaired) electrons. The molecule has 2 aromatic carbocycles. The van der Waals surface area contributed by atoms with Crippen molar-refractivity contribution in [2.75, 3.05) is 7.11 Å². The molecule has 0 amide bonds. The van der Waals surface area contributed by atoms with Crippen LogP contribution in [0.25, 0.3) is 0 Å². The summed E-state index contributed by atoms with van der Waals surface area (Å²) in [5, 5.41) is 11.4. The minimum absolute atomic E-state index is 0.443. The lowest BCUT2D eigenvalue weighted by molar-refractivity contribution is 0.219. The molecule has 19 heavy (non-hydrogen) atoms. The van der Waals surface area contributed by atoms with Gasteiger partial charge in [0.2, 0.25) is 0 Å². The Bertz CT molecular complexity index is 602. The minimum Gasteiger partial charge on any atom is -0.497 e. The minimum atomic E-state index is -0.855. The molecule has 0 spiro atoms. The van der Waals surface area contributed by atoms with E-state index in [1.165, 1.54) is 0 Å². The van der Waals surface area contributed by atoms with Crippen molar-refractivity contribution in [2.24, 2.45) is 0 Å². The summed E-state index contributed by atoms with van der Waals surface area (Å²) in [4.78, 5) is 0. The lowest BCUT2D eigenvalue weighted by atomic mass is 10.0. The fraction of sp³-hybridized carbons (Fsp3) is 0.143. The molecule has 0 heterocycles. The average molecular weight is 362 g/mol. The number of halogens is 3. The van der Waals surface area contributed by atoms with Gasteiger partial charge in [0.1, 0.15) is 11.9 Å². The van der Waals surface area contributed by atoms with Gasteiger partial charge in [0.05, 0.1) is 12.1 Å². The lowest BCUT2D eigenvalue weighted by Crippen LogP contribution is -2.02. The van der Waals surface area contributed by atoms with E-state index in [2.05, 4.69) is 15.9 Å². The van der Waals surface area contributed by atoms with Gasteiger partial charge in [-0.3, -0.25) is 0 Å². The number of benzene rings is 2. The number of rotatable bonds is 3. The highest BCUT2D eigenvalue weighted by atomic mass is 79.9. The topological polar surface area (TPSA) is 29.5 Å². The van der Waals surface area contributed by atoms with Crippen molar-refractivity contribution < 1.29 is 9.84 Å². The van der Waals surface area contributed by atoms with Gasteiger partial charge in [-0.1, -0.05) is 45.2 Å². The Hall–Kier alpha value is -0.740. The van der Waals surface area contributed by atoms with Gasteiger partial charge < -0.3 is 9.84 Å². The van der Waals surface area contributed by atoms with E-state index in [1.807, 2.05) is 0 Å². The van der Waals surface area contributed by atoms with Crippen LogP contribution in [0, 0.1) is 0 Å². The van der Waals surface area contributed by atoms with Gasteiger partial charge >= 0.3 is 0 Å². The van der Waals surface area contributed by atoms with Gasteiger partial charge in [-0.15, -0.1) is 0 Å². The van der Waals surface area contributed by atoms with E-state index in [0.717, 1.165) is 4.47 Å². The van der Waals surface area contributed by atoms with E-state index < -0.39 is 6.10 Å². The maximum absolute atomic E-state index is 10.4. The van der Waals surface area contributed by atoms with Crippen molar-refractivity contribution in [2.45, 2.75) is 6.10 Å². The van der Waals surface area contributed by atoms with Crippen LogP contribution in [0.4, 0.5) is 0 Å². The van der Waals surface area contributed by atoms with Gasteiger partial charge in [0.15, 0.2) is 0 Å². The molecule has 0 aromatic heterocycles. The van der Waals surface area contributed by atoms with Crippen molar-refractivity contribution in [3.05, 3.63) is 62.0 Å². The molecule has 0 fully saturated rings. The molecule has 1 atom stereocenters. The zero-order valence-corrected chi connectivity index (χ0v) is 13.1. The second kappa shape index (κ2) is 6.14. The number of hydrogen-bond donors (Lipinski definition) is 1. The van der Waals surface area contributed by atoms with Crippen LogP contribution in [-0.2, 0) is 0 Å². The molecule has 2 aromatic rings. The molecule has 0 saturated heterocycles. The number of methoxy groups -OCH3 is 1. The molecule has 100 valence electrons. The van der Waals surface area contributed by atoms with Crippen LogP contribution in [-0.4, -0.2) is 12.2 Å². The second-order valence-corrected chi connectivity index (χ2v) is 5.65. The molecule has 0 aliphatic heterocycles. The molecule has 1 unspecified atom stereocenters. The monoisotopic (exact) mass is 360 g/mol. The molecule has 0 aliphatic carbocycles. The van der Waals surface area contributed by atoms with E-state index in [-0.39, 0.29) is 0 Å². The van der Waals surface area contributed by atoms with Crippen molar-refractivity contribution in [3.8, 4) is 5.75 Å². The average Bonchev–Trinajstić information content (AvgIpc) is 2.40. The normalized spacial score (nSPS) is 12.3. The van der Waals surface area contributed by atoms with Gasteiger partial charge in [-0.2, -0.15) is 0 Å². The second-order valence-electron chi connectivity index (χ2n) is 3.96. The number of aliphatic hydroxyl groups is 1. The van der Waals surface area contributed by atoms with Crippen LogP contribution in [0.5, 0.6) is 5.75 Å². The zero-order chi connectivity index (χ0) is 14.0. The van der Waals surface area contributed by atoms with E-state index in [1.54, 1.807) is 43.5 Å².